The van der Waals surface area contributed by atoms with E-state index < -0.39 is 12.7 Å². The van der Waals surface area contributed by atoms with E-state index >= 15 is 0 Å². The molecule has 2 atom stereocenters. The van der Waals surface area contributed by atoms with Gasteiger partial charge in [-0.15, -0.1) is 0 Å². The van der Waals surface area contributed by atoms with E-state index in [0.29, 0.717) is 0 Å². The summed E-state index contributed by atoms with van der Waals surface area (Å²) in [7, 11) is 1.57. The van der Waals surface area contributed by atoms with Crippen molar-refractivity contribution in [1.82, 2.24) is 0 Å². The van der Waals surface area contributed by atoms with Crippen LogP contribution in [0.25, 0.3) is 0 Å². The van der Waals surface area contributed by atoms with Crippen LogP contribution in [0.5, 0.6) is 0 Å². The molecule has 0 bridgehead atoms. The van der Waals surface area contributed by atoms with Crippen LogP contribution >= 0.6 is 11.8 Å². The van der Waals surface area contributed by atoms with E-state index in [1.807, 2.05) is 23.9 Å². The lowest BCUT2D eigenvalue weighted by Gasteiger charge is -2.29. The summed E-state index contributed by atoms with van der Waals surface area (Å²) in [6.45, 7) is 1.59. The Morgan fingerprint density at radius 1 is 1.32 bits per heavy atom. The highest BCUT2D eigenvalue weighted by atomic mass is 32.2. The molecule has 5 heteroatoms. The molecule has 1 aliphatic heterocycles. The second-order valence-electron chi connectivity index (χ2n) is 4.67. The first-order chi connectivity index (χ1) is 9.26. The summed E-state index contributed by atoms with van der Waals surface area (Å²) in [4.78, 5) is 2.37. The van der Waals surface area contributed by atoms with Crippen molar-refractivity contribution < 1.29 is 9.13 Å². The van der Waals surface area contributed by atoms with Crippen LogP contribution in [0.15, 0.2) is 24.3 Å². The molecule has 3 nitrogen and oxygen atoms in total. The first kappa shape index (κ1) is 14.6. The van der Waals surface area contributed by atoms with Crippen LogP contribution in [0, 0.1) is 0 Å². The van der Waals surface area contributed by atoms with Gasteiger partial charge in [-0.05, 0) is 17.7 Å². The second kappa shape index (κ2) is 7.12. The van der Waals surface area contributed by atoms with Gasteiger partial charge in [-0.25, -0.2) is 4.39 Å². The Bertz CT molecular complexity index is 382. The molecule has 1 aromatic rings. The second-order valence-corrected chi connectivity index (χ2v) is 5.89. The van der Waals surface area contributed by atoms with Gasteiger partial charge in [-0.1, -0.05) is 12.1 Å². The number of hydrogen-bond acceptors (Lipinski definition) is 4. The number of anilines is 1. The highest BCUT2D eigenvalue weighted by Gasteiger charge is 2.19. The van der Waals surface area contributed by atoms with E-state index in [1.54, 1.807) is 7.11 Å². The standard InChI is InChI=1S/C14H21FN2OS/c1-18-14(13(16)10-15)11-2-4-12(5-3-11)17-6-8-19-9-7-17/h2-5,13-14H,6-10,16H2,1H3. The molecular formula is C14H21FN2OS. The number of halogens is 1. The fourth-order valence-corrected chi connectivity index (χ4v) is 3.24. The molecule has 0 saturated carbocycles. The van der Waals surface area contributed by atoms with Gasteiger partial charge in [0.1, 0.15) is 6.67 Å². The number of methoxy groups -OCH3 is 1. The molecule has 1 heterocycles. The molecule has 0 amide bonds. The quantitative estimate of drug-likeness (QED) is 0.900. The van der Waals surface area contributed by atoms with Crippen LogP contribution in [-0.4, -0.2) is 44.4 Å². The maximum absolute atomic E-state index is 12.7. The summed E-state index contributed by atoms with van der Waals surface area (Å²) >= 11 is 1.99. The van der Waals surface area contributed by atoms with Gasteiger partial charge >= 0.3 is 0 Å². The number of hydrogen-bond donors (Lipinski definition) is 1. The van der Waals surface area contributed by atoms with E-state index in [9.17, 15) is 4.39 Å². The smallest absolute Gasteiger partial charge is 0.107 e. The van der Waals surface area contributed by atoms with Crippen LogP contribution in [0.1, 0.15) is 11.7 Å². The van der Waals surface area contributed by atoms with Gasteiger partial charge in [0.25, 0.3) is 0 Å². The fraction of sp³-hybridized carbons (Fsp3) is 0.571. The summed E-state index contributed by atoms with van der Waals surface area (Å²) in [5.74, 6) is 2.35. The minimum atomic E-state index is -0.609. The van der Waals surface area contributed by atoms with Crippen molar-refractivity contribution in [3.63, 3.8) is 0 Å². The first-order valence-corrected chi connectivity index (χ1v) is 7.68. The molecule has 106 valence electrons. The fourth-order valence-electron chi connectivity index (χ4n) is 2.34. The minimum absolute atomic E-state index is 0.379. The van der Waals surface area contributed by atoms with Gasteiger partial charge in [-0.3, -0.25) is 0 Å². The average Bonchev–Trinajstić information content (AvgIpc) is 2.49. The van der Waals surface area contributed by atoms with Crippen molar-refractivity contribution >= 4 is 17.4 Å². The number of benzene rings is 1. The number of alkyl halides is 1. The molecule has 1 aromatic carbocycles. The van der Waals surface area contributed by atoms with Gasteiger partial charge in [0, 0.05) is 37.4 Å². The Morgan fingerprint density at radius 3 is 2.47 bits per heavy atom. The lowest BCUT2D eigenvalue weighted by atomic mass is 10.0. The molecule has 0 aromatic heterocycles. The maximum atomic E-state index is 12.7. The van der Waals surface area contributed by atoms with Crippen molar-refractivity contribution in [3.05, 3.63) is 29.8 Å². The van der Waals surface area contributed by atoms with E-state index in [4.69, 9.17) is 10.5 Å². The third-order valence-electron chi connectivity index (χ3n) is 3.42. The van der Waals surface area contributed by atoms with Gasteiger partial charge in [0.05, 0.1) is 12.1 Å². The third-order valence-corrected chi connectivity index (χ3v) is 4.36. The van der Waals surface area contributed by atoms with Crippen LogP contribution in [0.4, 0.5) is 10.1 Å². The highest BCUT2D eigenvalue weighted by Crippen LogP contribution is 2.25. The van der Waals surface area contributed by atoms with Crippen molar-refractivity contribution in [2.75, 3.05) is 43.3 Å². The van der Waals surface area contributed by atoms with Crippen molar-refractivity contribution in [1.29, 1.82) is 0 Å². The Hall–Kier alpha value is -0.780. The van der Waals surface area contributed by atoms with Gasteiger partial charge < -0.3 is 15.4 Å². The van der Waals surface area contributed by atoms with Gasteiger partial charge in [-0.2, -0.15) is 11.8 Å². The SMILES string of the molecule is COC(c1ccc(N2CCSCC2)cc1)C(N)CF. The monoisotopic (exact) mass is 284 g/mol. The molecule has 1 saturated heterocycles. The molecule has 2 rings (SSSR count). The summed E-state index contributed by atoms with van der Waals surface area (Å²) < 4.78 is 18.0. The summed E-state index contributed by atoms with van der Waals surface area (Å²) in [6.07, 6.45) is -0.379. The Morgan fingerprint density at radius 2 is 1.95 bits per heavy atom. The molecule has 2 unspecified atom stereocenters. The van der Waals surface area contributed by atoms with Gasteiger partial charge in [0.15, 0.2) is 0 Å². The van der Waals surface area contributed by atoms with Crippen LogP contribution in [0.3, 0.4) is 0 Å². The van der Waals surface area contributed by atoms with Crippen molar-refractivity contribution in [2.45, 2.75) is 12.1 Å². The highest BCUT2D eigenvalue weighted by molar-refractivity contribution is 7.99. The van der Waals surface area contributed by atoms with Crippen molar-refractivity contribution in [3.8, 4) is 0 Å². The Kier molecular flexibility index (Phi) is 5.48. The van der Waals surface area contributed by atoms with Crippen LogP contribution in [0.2, 0.25) is 0 Å². The number of nitrogens with zero attached hydrogens (tertiary/aromatic N) is 1. The zero-order chi connectivity index (χ0) is 13.7. The van der Waals surface area contributed by atoms with Crippen molar-refractivity contribution in [2.24, 2.45) is 5.73 Å². The molecule has 0 aliphatic carbocycles. The average molecular weight is 284 g/mol. The minimum Gasteiger partial charge on any atom is -0.375 e. The Balaban J connectivity index is 2.08. The first-order valence-electron chi connectivity index (χ1n) is 6.53. The zero-order valence-corrected chi connectivity index (χ0v) is 12.0. The van der Waals surface area contributed by atoms with E-state index in [2.05, 4.69) is 17.0 Å². The third kappa shape index (κ3) is 3.61. The normalized spacial score (nSPS) is 19.2. The molecular weight excluding hydrogens is 263 g/mol. The molecule has 1 fully saturated rings. The number of thioether (sulfide) groups is 1. The lowest BCUT2D eigenvalue weighted by molar-refractivity contribution is 0.0721. The maximum Gasteiger partial charge on any atom is 0.107 e. The van der Waals surface area contributed by atoms with E-state index in [0.717, 1.165) is 18.7 Å². The zero-order valence-electron chi connectivity index (χ0n) is 11.2. The summed E-state index contributed by atoms with van der Waals surface area (Å²) in [5.41, 5.74) is 7.88. The number of ether oxygens (including phenoxy) is 1. The predicted molar refractivity (Wildman–Crippen MR) is 79.7 cm³/mol. The van der Waals surface area contributed by atoms with E-state index in [-0.39, 0.29) is 6.10 Å². The topological polar surface area (TPSA) is 38.5 Å². The van der Waals surface area contributed by atoms with Gasteiger partial charge in [0.2, 0.25) is 0 Å². The molecule has 2 N–H and O–H groups in total. The Labute approximate surface area is 118 Å². The number of rotatable bonds is 5. The largest absolute Gasteiger partial charge is 0.375 e. The molecule has 0 radical (unpaired) electrons. The van der Waals surface area contributed by atoms with Crippen LogP contribution in [-0.2, 0) is 4.74 Å². The molecule has 1 aliphatic rings. The number of nitrogens with two attached hydrogens (primary N) is 1. The van der Waals surface area contributed by atoms with Crippen LogP contribution < -0.4 is 10.6 Å². The summed E-state index contributed by atoms with van der Waals surface area (Å²) in [6, 6.07) is 7.51. The lowest BCUT2D eigenvalue weighted by Crippen LogP contribution is -2.33. The molecule has 19 heavy (non-hydrogen) atoms. The molecule has 0 spiro atoms. The summed E-state index contributed by atoms with van der Waals surface area (Å²) in [5, 5.41) is 0. The van der Waals surface area contributed by atoms with E-state index in [1.165, 1.54) is 17.2 Å². The predicted octanol–water partition coefficient (Wildman–Crippen LogP) is 2.22.